The molecule has 1 heterocycles. The number of carbonyl (C=O) groups is 2. The monoisotopic (exact) mass is 345 g/mol. The number of benzene rings is 1. The molecule has 2 aromatic rings. The zero-order valence-corrected chi connectivity index (χ0v) is 14.7. The Morgan fingerprint density at radius 3 is 2.40 bits per heavy atom. The summed E-state index contributed by atoms with van der Waals surface area (Å²) in [6, 6.07) is 7.67. The molecule has 0 radical (unpaired) electrons. The molecule has 0 unspecified atom stereocenters. The molecule has 0 aliphatic heterocycles. The molecule has 2 rings (SSSR count). The molecule has 1 aromatic heterocycles. The molecule has 25 heavy (non-hydrogen) atoms. The van der Waals surface area contributed by atoms with E-state index in [1.54, 1.807) is 13.8 Å². The van der Waals surface area contributed by atoms with Gasteiger partial charge in [-0.2, -0.15) is 4.80 Å². The zero-order chi connectivity index (χ0) is 18.4. The number of aromatic nitrogens is 4. The van der Waals surface area contributed by atoms with Gasteiger partial charge in [-0.05, 0) is 25.0 Å². The fourth-order valence-electron chi connectivity index (χ4n) is 2.46. The Kier molecular flexibility index (Phi) is 5.84. The third-order valence-electron chi connectivity index (χ3n) is 4.48. The van der Waals surface area contributed by atoms with Crippen LogP contribution in [0.15, 0.2) is 24.3 Å². The number of hydrogen-bond donors (Lipinski definition) is 2. The van der Waals surface area contributed by atoms with Crippen molar-refractivity contribution in [2.75, 3.05) is 6.54 Å². The summed E-state index contributed by atoms with van der Waals surface area (Å²) in [5.74, 6) is -0.812. The van der Waals surface area contributed by atoms with Crippen molar-refractivity contribution >= 4 is 11.9 Å². The highest BCUT2D eigenvalue weighted by Crippen LogP contribution is 2.25. The average molecular weight is 345 g/mol. The topological polar surface area (TPSA) is 110 Å². The predicted molar refractivity (Wildman–Crippen MR) is 91.7 cm³/mol. The van der Waals surface area contributed by atoms with Gasteiger partial charge in [0, 0.05) is 12.1 Å². The lowest BCUT2D eigenvalue weighted by molar-refractivity contribution is -0.149. The fraction of sp³-hybridized carbons (Fsp3) is 0.471. The zero-order valence-electron chi connectivity index (χ0n) is 14.7. The largest absolute Gasteiger partial charge is 0.481 e. The number of hydrogen-bond acceptors (Lipinski definition) is 5. The first kappa shape index (κ1) is 18.6. The first-order valence-electron chi connectivity index (χ1n) is 8.25. The maximum Gasteiger partial charge on any atom is 0.311 e. The van der Waals surface area contributed by atoms with E-state index >= 15 is 0 Å². The van der Waals surface area contributed by atoms with Crippen molar-refractivity contribution in [3.63, 3.8) is 0 Å². The number of aryl methyl sites for hydroxylation is 1. The molecule has 8 heteroatoms. The van der Waals surface area contributed by atoms with Crippen LogP contribution in [0.3, 0.4) is 0 Å². The normalized spacial score (nSPS) is 11.3. The van der Waals surface area contributed by atoms with Crippen molar-refractivity contribution in [1.29, 1.82) is 0 Å². The van der Waals surface area contributed by atoms with Crippen LogP contribution in [0.4, 0.5) is 0 Å². The maximum absolute atomic E-state index is 12.1. The summed E-state index contributed by atoms with van der Waals surface area (Å²) < 4.78 is 0. The van der Waals surface area contributed by atoms with Gasteiger partial charge in [0.1, 0.15) is 6.54 Å². The van der Waals surface area contributed by atoms with Crippen LogP contribution in [-0.4, -0.2) is 43.7 Å². The van der Waals surface area contributed by atoms with E-state index in [9.17, 15) is 14.7 Å². The molecule has 2 N–H and O–H groups in total. The van der Waals surface area contributed by atoms with Gasteiger partial charge in [-0.3, -0.25) is 9.59 Å². The minimum atomic E-state index is -0.946. The Morgan fingerprint density at radius 2 is 1.84 bits per heavy atom. The summed E-state index contributed by atoms with van der Waals surface area (Å²) >= 11 is 0. The predicted octanol–water partition coefficient (Wildman–Crippen LogP) is 1.66. The first-order chi connectivity index (χ1) is 11.9. The summed E-state index contributed by atoms with van der Waals surface area (Å²) in [5, 5.41) is 24.1. The van der Waals surface area contributed by atoms with Crippen LogP contribution in [0.5, 0.6) is 0 Å². The third-order valence-corrected chi connectivity index (χ3v) is 4.48. The smallest absolute Gasteiger partial charge is 0.311 e. The highest BCUT2D eigenvalue weighted by Gasteiger charge is 2.35. The lowest BCUT2D eigenvalue weighted by Gasteiger charge is -2.26. The van der Waals surface area contributed by atoms with E-state index in [0.29, 0.717) is 18.7 Å². The van der Waals surface area contributed by atoms with E-state index in [4.69, 9.17) is 0 Å². The van der Waals surface area contributed by atoms with E-state index < -0.39 is 11.4 Å². The third kappa shape index (κ3) is 4.40. The first-order valence-corrected chi connectivity index (χ1v) is 8.25. The molecule has 0 aliphatic rings. The van der Waals surface area contributed by atoms with Crippen molar-refractivity contribution in [2.24, 2.45) is 5.41 Å². The summed E-state index contributed by atoms with van der Waals surface area (Å²) in [6.07, 6.45) is 0.885. The average Bonchev–Trinajstić information content (AvgIpc) is 3.05. The highest BCUT2D eigenvalue weighted by atomic mass is 16.4. The lowest BCUT2D eigenvalue weighted by atomic mass is 9.82. The van der Waals surface area contributed by atoms with Gasteiger partial charge in [-0.25, -0.2) is 0 Å². The molecule has 0 saturated carbocycles. The lowest BCUT2D eigenvalue weighted by Crippen LogP contribution is -2.43. The molecule has 134 valence electrons. The molecule has 8 nitrogen and oxygen atoms in total. The Balaban J connectivity index is 1.97. The number of carboxylic acid groups (broad SMARTS) is 1. The number of carbonyl (C=O) groups excluding carboxylic acids is 1. The van der Waals surface area contributed by atoms with E-state index in [1.807, 2.05) is 31.2 Å². The second-order valence-electron chi connectivity index (χ2n) is 6.08. The Labute approximate surface area is 146 Å². The summed E-state index contributed by atoms with van der Waals surface area (Å²) in [5.41, 5.74) is 1.00. The summed E-state index contributed by atoms with van der Waals surface area (Å²) in [6.45, 7) is 5.56. The molecule has 1 amide bonds. The fourth-order valence-corrected chi connectivity index (χ4v) is 2.46. The van der Waals surface area contributed by atoms with Gasteiger partial charge in [0.15, 0.2) is 0 Å². The van der Waals surface area contributed by atoms with Crippen molar-refractivity contribution in [3.8, 4) is 11.4 Å². The van der Waals surface area contributed by atoms with Crippen LogP contribution in [0, 0.1) is 12.3 Å². The quantitative estimate of drug-likeness (QED) is 0.753. The van der Waals surface area contributed by atoms with E-state index in [0.717, 1.165) is 11.1 Å². The van der Waals surface area contributed by atoms with Gasteiger partial charge >= 0.3 is 5.97 Å². The van der Waals surface area contributed by atoms with Crippen LogP contribution in [-0.2, 0) is 16.1 Å². The molecule has 0 fully saturated rings. The molecule has 0 bridgehead atoms. The summed E-state index contributed by atoms with van der Waals surface area (Å²) in [4.78, 5) is 24.7. The number of aliphatic carboxylic acids is 1. The number of amides is 1. The minimum absolute atomic E-state index is 0.0771. The second-order valence-corrected chi connectivity index (χ2v) is 6.08. The SMILES string of the molecule is CCC(CC)(CNC(=O)Cn1nnc(-c2ccc(C)cc2)n1)C(=O)O. The molecule has 1 aromatic carbocycles. The van der Waals surface area contributed by atoms with Gasteiger partial charge in [0.05, 0.1) is 5.41 Å². The second kappa shape index (κ2) is 7.87. The van der Waals surface area contributed by atoms with Crippen LogP contribution >= 0.6 is 0 Å². The van der Waals surface area contributed by atoms with Crippen molar-refractivity contribution < 1.29 is 14.7 Å². The van der Waals surface area contributed by atoms with E-state index in [1.165, 1.54) is 4.80 Å². The van der Waals surface area contributed by atoms with Crippen molar-refractivity contribution in [3.05, 3.63) is 29.8 Å². The van der Waals surface area contributed by atoms with Crippen LogP contribution in [0.25, 0.3) is 11.4 Å². The van der Waals surface area contributed by atoms with Crippen molar-refractivity contribution in [2.45, 2.75) is 40.2 Å². The molecule has 0 spiro atoms. The molecule has 0 aliphatic carbocycles. The molecular weight excluding hydrogens is 322 g/mol. The number of nitrogens with one attached hydrogen (secondary N) is 1. The van der Waals surface area contributed by atoms with Gasteiger partial charge in [-0.15, -0.1) is 10.2 Å². The summed E-state index contributed by atoms with van der Waals surface area (Å²) in [7, 11) is 0. The van der Waals surface area contributed by atoms with E-state index in [2.05, 4.69) is 20.7 Å². The number of nitrogens with zero attached hydrogens (tertiary/aromatic N) is 4. The van der Waals surface area contributed by atoms with Crippen LogP contribution < -0.4 is 5.32 Å². The number of carboxylic acids is 1. The highest BCUT2D eigenvalue weighted by molar-refractivity contribution is 5.78. The van der Waals surface area contributed by atoms with Crippen molar-refractivity contribution in [1.82, 2.24) is 25.5 Å². The molecular formula is C17H23N5O3. The van der Waals surface area contributed by atoms with Crippen LogP contribution in [0.1, 0.15) is 32.3 Å². The maximum atomic E-state index is 12.1. The van der Waals surface area contributed by atoms with Gasteiger partial charge < -0.3 is 10.4 Å². The van der Waals surface area contributed by atoms with Gasteiger partial charge in [0.25, 0.3) is 0 Å². The minimum Gasteiger partial charge on any atom is -0.481 e. The molecule has 0 atom stereocenters. The van der Waals surface area contributed by atoms with Gasteiger partial charge in [-0.1, -0.05) is 43.7 Å². The number of rotatable bonds is 8. The Bertz CT molecular complexity index is 735. The van der Waals surface area contributed by atoms with E-state index in [-0.39, 0.29) is 19.0 Å². The molecule has 0 saturated heterocycles. The Morgan fingerprint density at radius 1 is 1.20 bits per heavy atom. The standard InChI is InChI=1S/C17H23N5O3/c1-4-17(5-2,16(24)25)11-18-14(23)10-22-20-15(19-21-22)13-8-6-12(3)7-9-13/h6-9H,4-5,10-11H2,1-3H3,(H,18,23)(H,24,25). The van der Waals surface area contributed by atoms with Gasteiger partial charge in [0.2, 0.25) is 11.7 Å². The number of tetrazole rings is 1. The Hall–Kier alpha value is -2.77. The van der Waals surface area contributed by atoms with Crippen LogP contribution in [0.2, 0.25) is 0 Å².